The number of hydrogen-bond donors (Lipinski definition) is 2. The number of nitrogens with zero attached hydrogens (tertiary/aromatic N) is 2. The molecule has 22 heavy (non-hydrogen) atoms. The fraction of sp³-hybridized carbons (Fsp3) is 0.412. The molecule has 2 heterocycles. The molecule has 114 valence electrons. The van der Waals surface area contributed by atoms with Crippen molar-refractivity contribution in [3.63, 3.8) is 0 Å². The fourth-order valence-electron chi connectivity index (χ4n) is 3.13. The molecule has 1 fully saturated rings. The lowest BCUT2D eigenvalue weighted by Crippen LogP contribution is -2.50. The van der Waals surface area contributed by atoms with Crippen LogP contribution in [0.5, 0.6) is 0 Å². The molecule has 1 aliphatic carbocycles. The second-order valence-electron chi connectivity index (χ2n) is 6.28. The Morgan fingerprint density at radius 2 is 2.14 bits per heavy atom. The highest BCUT2D eigenvalue weighted by Crippen LogP contribution is 2.26. The monoisotopic (exact) mass is 296 g/mol. The average Bonchev–Trinajstić information content (AvgIpc) is 3.19. The molecule has 0 bridgehead atoms. The third kappa shape index (κ3) is 2.76. The molecule has 1 atom stereocenters. The van der Waals surface area contributed by atoms with Crippen molar-refractivity contribution in [2.45, 2.75) is 44.4 Å². The maximum atomic E-state index is 12.6. The highest BCUT2D eigenvalue weighted by Gasteiger charge is 2.34. The molecular weight excluding hydrogens is 276 g/mol. The number of fused-ring (bicyclic) bond motifs is 1. The number of aromatic nitrogens is 2. The minimum absolute atomic E-state index is 0.0922. The summed E-state index contributed by atoms with van der Waals surface area (Å²) in [6, 6.07) is 8.74. The molecule has 1 aromatic carbocycles. The Bertz CT molecular complexity index is 663. The van der Waals surface area contributed by atoms with Crippen molar-refractivity contribution in [3.05, 3.63) is 53.3 Å². The second-order valence-corrected chi connectivity index (χ2v) is 6.28. The van der Waals surface area contributed by atoms with Gasteiger partial charge in [-0.3, -0.25) is 14.8 Å². The van der Waals surface area contributed by atoms with Crippen LogP contribution in [0.4, 0.5) is 0 Å². The van der Waals surface area contributed by atoms with Gasteiger partial charge in [0, 0.05) is 30.9 Å². The zero-order valence-corrected chi connectivity index (χ0v) is 12.5. The third-order valence-corrected chi connectivity index (χ3v) is 4.51. The first kappa shape index (κ1) is 13.5. The first-order valence-electron chi connectivity index (χ1n) is 7.88. The van der Waals surface area contributed by atoms with Crippen LogP contribution in [0, 0.1) is 0 Å². The lowest BCUT2D eigenvalue weighted by molar-refractivity contribution is -0.127. The molecule has 5 nitrogen and oxygen atoms in total. The zero-order valence-electron chi connectivity index (χ0n) is 12.5. The van der Waals surface area contributed by atoms with Gasteiger partial charge in [0.1, 0.15) is 0 Å². The van der Waals surface area contributed by atoms with Crippen LogP contribution in [-0.4, -0.2) is 33.1 Å². The minimum atomic E-state index is -0.0922. The standard InChI is InChI=1S/C17H20N4O/c22-17(20-15-5-6-15)16-7-13-3-1-2-4-14(13)11-21(16)10-12-8-18-19-9-12/h1-4,8-9,15-16H,5-7,10-11H2,(H,18,19)(H,20,22)/t16-/m1/s1. The molecule has 2 N–H and O–H groups in total. The smallest absolute Gasteiger partial charge is 0.237 e. The van der Waals surface area contributed by atoms with Gasteiger partial charge >= 0.3 is 0 Å². The number of nitrogens with one attached hydrogen (secondary N) is 2. The molecule has 4 rings (SSSR count). The normalized spacial score (nSPS) is 21.4. The largest absolute Gasteiger partial charge is 0.352 e. The molecule has 0 unspecified atom stereocenters. The van der Waals surface area contributed by atoms with Gasteiger partial charge in [0.25, 0.3) is 0 Å². The molecule has 1 saturated carbocycles. The third-order valence-electron chi connectivity index (χ3n) is 4.51. The van der Waals surface area contributed by atoms with Crippen molar-refractivity contribution in [2.75, 3.05) is 0 Å². The number of benzene rings is 1. The van der Waals surface area contributed by atoms with Crippen LogP contribution in [0.15, 0.2) is 36.7 Å². The summed E-state index contributed by atoms with van der Waals surface area (Å²) in [7, 11) is 0. The topological polar surface area (TPSA) is 61.0 Å². The van der Waals surface area contributed by atoms with Gasteiger partial charge in [0.15, 0.2) is 0 Å². The lowest BCUT2D eigenvalue weighted by atomic mass is 9.93. The van der Waals surface area contributed by atoms with Gasteiger partial charge in [0.2, 0.25) is 5.91 Å². The molecular formula is C17H20N4O. The first-order chi connectivity index (χ1) is 10.8. The van der Waals surface area contributed by atoms with Gasteiger partial charge in [-0.05, 0) is 30.4 Å². The van der Waals surface area contributed by atoms with E-state index >= 15 is 0 Å². The van der Waals surface area contributed by atoms with E-state index < -0.39 is 0 Å². The minimum Gasteiger partial charge on any atom is -0.352 e. The maximum absolute atomic E-state index is 12.6. The SMILES string of the molecule is O=C(NC1CC1)[C@H]1Cc2ccccc2CN1Cc1cn[nH]c1. The lowest BCUT2D eigenvalue weighted by Gasteiger charge is -2.35. The highest BCUT2D eigenvalue weighted by atomic mass is 16.2. The summed E-state index contributed by atoms with van der Waals surface area (Å²) in [6.45, 7) is 1.55. The Labute approximate surface area is 129 Å². The number of hydrogen-bond acceptors (Lipinski definition) is 3. The fourth-order valence-corrected chi connectivity index (χ4v) is 3.13. The van der Waals surface area contributed by atoms with Crippen LogP contribution < -0.4 is 5.32 Å². The van der Waals surface area contributed by atoms with E-state index in [2.05, 4.69) is 44.7 Å². The first-order valence-corrected chi connectivity index (χ1v) is 7.88. The van der Waals surface area contributed by atoms with E-state index in [0.717, 1.165) is 37.9 Å². The van der Waals surface area contributed by atoms with E-state index in [1.807, 2.05) is 12.4 Å². The number of amides is 1. The Kier molecular flexibility index (Phi) is 3.42. The Hall–Kier alpha value is -2.14. The molecule has 2 aromatic rings. The van der Waals surface area contributed by atoms with Crippen LogP contribution in [0.1, 0.15) is 29.5 Å². The summed E-state index contributed by atoms with van der Waals surface area (Å²) < 4.78 is 0. The summed E-state index contributed by atoms with van der Waals surface area (Å²) in [5.74, 6) is 0.167. The average molecular weight is 296 g/mol. The number of carbonyl (C=O) groups excluding carboxylic acids is 1. The van der Waals surface area contributed by atoms with E-state index in [1.54, 1.807) is 0 Å². The highest BCUT2D eigenvalue weighted by molar-refractivity contribution is 5.83. The van der Waals surface area contributed by atoms with Crippen LogP contribution >= 0.6 is 0 Å². The van der Waals surface area contributed by atoms with Crippen molar-refractivity contribution in [2.24, 2.45) is 0 Å². The molecule has 1 amide bonds. The quantitative estimate of drug-likeness (QED) is 0.901. The molecule has 0 spiro atoms. The van der Waals surface area contributed by atoms with Crippen LogP contribution in [0.25, 0.3) is 0 Å². The van der Waals surface area contributed by atoms with Gasteiger partial charge < -0.3 is 5.32 Å². The van der Waals surface area contributed by atoms with Gasteiger partial charge in [0.05, 0.1) is 12.2 Å². The molecule has 1 aromatic heterocycles. The maximum Gasteiger partial charge on any atom is 0.237 e. The van der Waals surface area contributed by atoms with E-state index in [0.29, 0.717) is 6.04 Å². The number of aromatic amines is 1. The van der Waals surface area contributed by atoms with Gasteiger partial charge in [-0.1, -0.05) is 24.3 Å². The number of rotatable bonds is 4. The number of H-pyrrole nitrogens is 1. The van der Waals surface area contributed by atoms with E-state index in [9.17, 15) is 4.79 Å². The van der Waals surface area contributed by atoms with E-state index in [4.69, 9.17) is 0 Å². The Morgan fingerprint density at radius 1 is 1.32 bits per heavy atom. The van der Waals surface area contributed by atoms with Crippen molar-refractivity contribution >= 4 is 5.91 Å². The van der Waals surface area contributed by atoms with Crippen molar-refractivity contribution in [1.82, 2.24) is 20.4 Å². The van der Waals surface area contributed by atoms with Crippen molar-refractivity contribution in [3.8, 4) is 0 Å². The molecule has 0 saturated heterocycles. The summed E-state index contributed by atoms with van der Waals surface area (Å²) in [4.78, 5) is 14.9. The predicted octanol–water partition coefficient (Wildman–Crippen LogP) is 1.62. The zero-order chi connectivity index (χ0) is 14.9. The van der Waals surface area contributed by atoms with E-state index in [1.165, 1.54) is 11.1 Å². The van der Waals surface area contributed by atoms with Crippen molar-refractivity contribution < 1.29 is 4.79 Å². The molecule has 5 heteroatoms. The van der Waals surface area contributed by atoms with Gasteiger partial charge in [-0.25, -0.2) is 0 Å². The number of carbonyl (C=O) groups is 1. The molecule has 1 aliphatic heterocycles. The van der Waals surface area contributed by atoms with Crippen LogP contribution in [0.2, 0.25) is 0 Å². The summed E-state index contributed by atoms with van der Waals surface area (Å²) in [5.41, 5.74) is 3.73. The predicted molar refractivity (Wildman–Crippen MR) is 82.9 cm³/mol. The summed E-state index contributed by atoms with van der Waals surface area (Å²) in [5, 5.41) is 10.0. The van der Waals surface area contributed by atoms with Gasteiger partial charge in [-0.15, -0.1) is 0 Å². The van der Waals surface area contributed by atoms with Crippen LogP contribution in [0.3, 0.4) is 0 Å². The molecule has 2 aliphatic rings. The molecule has 0 radical (unpaired) electrons. The van der Waals surface area contributed by atoms with Crippen LogP contribution in [-0.2, 0) is 24.3 Å². The Morgan fingerprint density at radius 3 is 2.86 bits per heavy atom. The Balaban J connectivity index is 1.58. The second kappa shape index (κ2) is 5.57. The summed E-state index contributed by atoms with van der Waals surface area (Å²) in [6.07, 6.45) is 6.76. The van der Waals surface area contributed by atoms with Crippen molar-refractivity contribution in [1.29, 1.82) is 0 Å². The summed E-state index contributed by atoms with van der Waals surface area (Å²) >= 11 is 0. The van der Waals surface area contributed by atoms with E-state index in [-0.39, 0.29) is 11.9 Å². The van der Waals surface area contributed by atoms with Gasteiger partial charge in [-0.2, -0.15) is 5.10 Å².